The monoisotopic (exact) mass is 253 g/mol. The van der Waals surface area contributed by atoms with Crippen LogP contribution in [0.1, 0.15) is 11.1 Å². The Morgan fingerprint density at radius 3 is 2.79 bits per heavy atom. The molecule has 0 bridgehead atoms. The lowest BCUT2D eigenvalue weighted by Gasteiger charge is -2.34. The van der Waals surface area contributed by atoms with Crippen LogP contribution < -0.4 is 10.6 Å². The molecule has 3 nitrogen and oxygen atoms in total. The molecule has 1 atom stereocenters. The molecule has 19 heavy (non-hydrogen) atoms. The summed E-state index contributed by atoms with van der Waals surface area (Å²) in [6.45, 7) is 1.96. The van der Waals surface area contributed by atoms with Crippen molar-refractivity contribution in [3.63, 3.8) is 0 Å². The standard InChI is InChI=1S/C16H19N3/c17-15-11-14-3-1-2-4-16(14)19(12-15)10-7-13-5-8-18-9-6-13/h1-6,8-9,15H,7,10-12,17H2. The molecule has 2 aromatic rings. The van der Waals surface area contributed by atoms with E-state index in [1.54, 1.807) is 0 Å². The zero-order valence-electron chi connectivity index (χ0n) is 11.0. The summed E-state index contributed by atoms with van der Waals surface area (Å²) in [7, 11) is 0. The normalized spacial score (nSPS) is 18.2. The van der Waals surface area contributed by atoms with Gasteiger partial charge >= 0.3 is 0 Å². The number of aromatic nitrogens is 1. The molecular weight excluding hydrogens is 234 g/mol. The molecule has 2 N–H and O–H groups in total. The van der Waals surface area contributed by atoms with Gasteiger partial charge in [0.25, 0.3) is 0 Å². The number of benzene rings is 1. The third-order valence-corrected chi connectivity index (χ3v) is 3.69. The van der Waals surface area contributed by atoms with Crippen LogP contribution in [0.3, 0.4) is 0 Å². The lowest BCUT2D eigenvalue weighted by atomic mass is 9.98. The number of fused-ring (bicyclic) bond motifs is 1. The highest BCUT2D eigenvalue weighted by atomic mass is 15.1. The minimum Gasteiger partial charge on any atom is -0.369 e. The molecule has 3 rings (SSSR count). The van der Waals surface area contributed by atoms with E-state index in [4.69, 9.17) is 5.73 Å². The molecule has 2 heterocycles. The van der Waals surface area contributed by atoms with E-state index in [0.29, 0.717) is 0 Å². The summed E-state index contributed by atoms with van der Waals surface area (Å²) in [5, 5.41) is 0. The summed E-state index contributed by atoms with van der Waals surface area (Å²) in [4.78, 5) is 6.46. The maximum atomic E-state index is 6.16. The van der Waals surface area contributed by atoms with Crippen LogP contribution in [-0.2, 0) is 12.8 Å². The molecule has 0 spiro atoms. The maximum Gasteiger partial charge on any atom is 0.0400 e. The van der Waals surface area contributed by atoms with Gasteiger partial charge in [-0.1, -0.05) is 18.2 Å². The molecule has 0 saturated heterocycles. The first-order chi connectivity index (χ1) is 9.33. The van der Waals surface area contributed by atoms with E-state index in [-0.39, 0.29) is 6.04 Å². The molecule has 0 saturated carbocycles. The first-order valence-electron chi connectivity index (χ1n) is 6.80. The van der Waals surface area contributed by atoms with Crippen molar-refractivity contribution in [2.24, 2.45) is 5.73 Å². The van der Waals surface area contributed by atoms with Crippen molar-refractivity contribution >= 4 is 5.69 Å². The van der Waals surface area contributed by atoms with E-state index in [0.717, 1.165) is 25.9 Å². The average molecular weight is 253 g/mol. The summed E-state index contributed by atoms with van der Waals surface area (Å²) < 4.78 is 0. The van der Waals surface area contributed by atoms with Crippen LogP contribution in [0.25, 0.3) is 0 Å². The van der Waals surface area contributed by atoms with Gasteiger partial charge in [-0.25, -0.2) is 0 Å². The van der Waals surface area contributed by atoms with Gasteiger partial charge in [-0.3, -0.25) is 4.98 Å². The average Bonchev–Trinajstić information content (AvgIpc) is 2.45. The Balaban J connectivity index is 1.74. The molecule has 1 unspecified atom stereocenters. The van der Waals surface area contributed by atoms with Crippen LogP contribution in [-0.4, -0.2) is 24.1 Å². The minimum absolute atomic E-state index is 0.243. The number of pyridine rings is 1. The van der Waals surface area contributed by atoms with Crippen LogP contribution in [0.2, 0.25) is 0 Å². The molecule has 98 valence electrons. The van der Waals surface area contributed by atoms with Crippen LogP contribution in [0.5, 0.6) is 0 Å². The predicted octanol–water partition coefficient (Wildman–Crippen LogP) is 2.01. The second kappa shape index (κ2) is 5.41. The molecule has 0 fully saturated rings. The fourth-order valence-electron chi connectivity index (χ4n) is 2.75. The molecule has 3 heteroatoms. The first-order valence-corrected chi connectivity index (χ1v) is 6.80. The highest BCUT2D eigenvalue weighted by Gasteiger charge is 2.21. The van der Waals surface area contributed by atoms with Gasteiger partial charge in [-0.2, -0.15) is 0 Å². The quantitative estimate of drug-likeness (QED) is 0.910. The van der Waals surface area contributed by atoms with Crippen LogP contribution in [0.4, 0.5) is 5.69 Å². The van der Waals surface area contributed by atoms with Gasteiger partial charge in [0.05, 0.1) is 0 Å². The summed E-state index contributed by atoms with van der Waals surface area (Å²) in [5.41, 5.74) is 10.2. The smallest absolute Gasteiger partial charge is 0.0400 e. The van der Waals surface area contributed by atoms with E-state index in [1.165, 1.54) is 16.8 Å². The summed E-state index contributed by atoms with van der Waals surface area (Å²) in [6.07, 6.45) is 5.72. The Bertz CT molecular complexity index is 539. The SMILES string of the molecule is NC1Cc2ccccc2N(CCc2ccncc2)C1. The fourth-order valence-corrected chi connectivity index (χ4v) is 2.75. The molecule has 1 aliphatic rings. The van der Waals surface area contributed by atoms with Gasteiger partial charge in [0.1, 0.15) is 0 Å². The lowest BCUT2D eigenvalue weighted by Crippen LogP contribution is -2.44. The number of hydrogen-bond acceptors (Lipinski definition) is 3. The second-order valence-electron chi connectivity index (χ2n) is 5.14. The number of para-hydroxylation sites is 1. The third kappa shape index (κ3) is 2.76. The summed E-state index contributed by atoms with van der Waals surface area (Å²) >= 11 is 0. The second-order valence-corrected chi connectivity index (χ2v) is 5.14. The van der Waals surface area contributed by atoms with Crippen molar-refractivity contribution in [1.82, 2.24) is 4.98 Å². The van der Waals surface area contributed by atoms with Crippen molar-refractivity contribution in [3.8, 4) is 0 Å². The Morgan fingerprint density at radius 1 is 1.16 bits per heavy atom. The van der Waals surface area contributed by atoms with E-state index in [1.807, 2.05) is 12.4 Å². The predicted molar refractivity (Wildman–Crippen MR) is 78.3 cm³/mol. The van der Waals surface area contributed by atoms with Crippen molar-refractivity contribution in [3.05, 3.63) is 59.9 Å². The van der Waals surface area contributed by atoms with E-state index in [9.17, 15) is 0 Å². The Kier molecular flexibility index (Phi) is 3.47. The number of rotatable bonds is 3. The van der Waals surface area contributed by atoms with Gasteiger partial charge in [0.15, 0.2) is 0 Å². The summed E-state index contributed by atoms with van der Waals surface area (Å²) in [5.74, 6) is 0. The van der Waals surface area contributed by atoms with Gasteiger partial charge in [-0.05, 0) is 42.2 Å². The van der Waals surface area contributed by atoms with E-state index >= 15 is 0 Å². The first kappa shape index (κ1) is 12.2. The van der Waals surface area contributed by atoms with Gasteiger partial charge in [0.2, 0.25) is 0 Å². The molecule has 0 aliphatic carbocycles. The highest BCUT2D eigenvalue weighted by Crippen LogP contribution is 2.26. The van der Waals surface area contributed by atoms with Crippen LogP contribution >= 0.6 is 0 Å². The van der Waals surface area contributed by atoms with E-state index < -0.39 is 0 Å². The Morgan fingerprint density at radius 2 is 1.95 bits per heavy atom. The lowest BCUT2D eigenvalue weighted by molar-refractivity contribution is 0.599. The van der Waals surface area contributed by atoms with Crippen molar-refractivity contribution < 1.29 is 0 Å². The van der Waals surface area contributed by atoms with Crippen molar-refractivity contribution in [2.75, 3.05) is 18.0 Å². The Labute approximate surface area is 114 Å². The zero-order valence-corrected chi connectivity index (χ0v) is 11.0. The molecule has 1 aliphatic heterocycles. The maximum absolute atomic E-state index is 6.16. The van der Waals surface area contributed by atoms with Gasteiger partial charge in [-0.15, -0.1) is 0 Å². The Hall–Kier alpha value is -1.87. The third-order valence-electron chi connectivity index (χ3n) is 3.69. The fraction of sp³-hybridized carbons (Fsp3) is 0.312. The van der Waals surface area contributed by atoms with Gasteiger partial charge in [0, 0.05) is 37.2 Å². The minimum atomic E-state index is 0.243. The highest BCUT2D eigenvalue weighted by molar-refractivity contribution is 5.56. The van der Waals surface area contributed by atoms with Gasteiger partial charge < -0.3 is 10.6 Å². The van der Waals surface area contributed by atoms with Crippen molar-refractivity contribution in [2.45, 2.75) is 18.9 Å². The van der Waals surface area contributed by atoms with Crippen LogP contribution in [0.15, 0.2) is 48.8 Å². The largest absolute Gasteiger partial charge is 0.369 e. The molecular formula is C16H19N3. The zero-order chi connectivity index (χ0) is 13.1. The van der Waals surface area contributed by atoms with E-state index in [2.05, 4.69) is 46.3 Å². The topological polar surface area (TPSA) is 42.1 Å². The number of nitrogens with zero attached hydrogens (tertiary/aromatic N) is 2. The molecule has 1 aromatic heterocycles. The molecule has 0 radical (unpaired) electrons. The summed E-state index contributed by atoms with van der Waals surface area (Å²) in [6, 6.07) is 13.0. The van der Waals surface area contributed by atoms with Crippen LogP contribution in [0, 0.1) is 0 Å². The van der Waals surface area contributed by atoms with Crippen molar-refractivity contribution in [1.29, 1.82) is 0 Å². The number of nitrogens with two attached hydrogens (primary N) is 1. The number of hydrogen-bond donors (Lipinski definition) is 1. The number of anilines is 1. The molecule has 0 amide bonds. The molecule has 1 aromatic carbocycles.